The molecule has 1 N–H and O–H groups in total. The van der Waals surface area contributed by atoms with Gasteiger partial charge < -0.3 is 4.98 Å². The molecule has 1 fully saturated rings. The number of nitrogens with zero attached hydrogens (tertiary/aromatic N) is 3. The molecule has 0 atom stereocenters. The summed E-state index contributed by atoms with van der Waals surface area (Å²) in [6, 6.07) is 7.63. The molecule has 7 nitrogen and oxygen atoms in total. The predicted octanol–water partition coefficient (Wildman–Crippen LogP) is 1.55. The van der Waals surface area contributed by atoms with Gasteiger partial charge in [0.25, 0.3) is 10.2 Å². The van der Waals surface area contributed by atoms with Gasteiger partial charge in [0.15, 0.2) is 0 Å². The zero-order chi connectivity index (χ0) is 17.3. The second-order valence-corrected chi connectivity index (χ2v) is 7.97. The Balaban J connectivity index is 1.80. The summed E-state index contributed by atoms with van der Waals surface area (Å²) >= 11 is 0. The lowest BCUT2D eigenvalue weighted by Crippen LogP contribution is -2.47. The van der Waals surface area contributed by atoms with Crippen molar-refractivity contribution in [3.63, 3.8) is 0 Å². The van der Waals surface area contributed by atoms with Crippen LogP contribution in [0, 0.1) is 0 Å². The van der Waals surface area contributed by atoms with Crippen LogP contribution in [0.2, 0.25) is 0 Å². The van der Waals surface area contributed by atoms with Crippen LogP contribution in [0.15, 0.2) is 29.1 Å². The first-order valence-corrected chi connectivity index (χ1v) is 9.83. The van der Waals surface area contributed by atoms with Gasteiger partial charge in [0.1, 0.15) is 0 Å². The fraction of sp³-hybridized carbons (Fsp3) is 0.562. The number of H-pyrrole nitrogens is 1. The Labute approximate surface area is 142 Å². The molecule has 1 aromatic heterocycles. The first kappa shape index (κ1) is 17.2. The Morgan fingerprint density at radius 1 is 1.17 bits per heavy atom. The van der Waals surface area contributed by atoms with Gasteiger partial charge in [-0.1, -0.05) is 26.0 Å². The maximum absolute atomic E-state index is 12.6. The van der Waals surface area contributed by atoms with E-state index in [1.165, 1.54) is 8.61 Å². The number of rotatable bonds is 5. The Hall–Kier alpha value is -1.64. The lowest BCUT2D eigenvalue weighted by atomic mass is 10.1. The minimum absolute atomic E-state index is 0.0248. The van der Waals surface area contributed by atoms with Crippen molar-refractivity contribution in [2.75, 3.05) is 26.2 Å². The third kappa shape index (κ3) is 2.89. The molecule has 1 aliphatic heterocycles. The molecular weight excluding hydrogens is 328 g/mol. The third-order valence-corrected chi connectivity index (χ3v) is 6.96. The van der Waals surface area contributed by atoms with E-state index in [1.807, 2.05) is 38.1 Å². The van der Waals surface area contributed by atoms with E-state index < -0.39 is 10.2 Å². The summed E-state index contributed by atoms with van der Waals surface area (Å²) in [5.41, 5.74) is 1.58. The van der Waals surface area contributed by atoms with Gasteiger partial charge in [-0.3, -0.25) is 4.57 Å². The van der Waals surface area contributed by atoms with Gasteiger partial charge in [-0.15, -0.1) is 0 Å². The van der Waals surface area contributed by atoms with Gasteiger partial charge in [-0.05, 0) is 25.0 Å². The summed E-state index contributed by atoms with van der Waals surface area (Å²) in [6.45, 7) is 5.52. The van der Waals surface area contributed by atoms with Gasteiger partial charge in [0.2, 0.25) is 0 Å². The van der Waals surface area contributed by atoms with Crippen LogP contribution in [0.3, 0.4) is 0 Å². The van der Waals surface area contributed by atoms with Gasteiger partial charge in [0.05, 0.1) is 11.0 Å². The topological polar surface area (TPSA) is 78.4 Å². The fourth-order valence-corrected chi connectivity index (χ4v) is 5.13. The molecule has 0 unspecified atom stereocenters. The lowest BCUT2D eigenvalue weighted by Gasteiger charge is -2.34. The van der Waals surface area contributed by atoms with Crippen molar-refractivity contribution in [2.24, 2.45) is 0 Å². The van der Waals surface area contributed by atoms with Crippen LogP contribution >= 0.6 is 0 Å². The minimum Gasteiger partial charge on any atom is -0.306 e. The number of fused-ring (bicyclic) bond motifs is 1. The van der Waals surface area contributed by atoms with Crippen molar-refractivity contribution in [1.82, 2.24) is 18.2 Å². The number of aromatic amines is 1. The highest BCUT2D eigenvalue weighted by atomic mass is 32.2. The molecule has 1 aliphatic rings. The smallest absolute Gasteiger partial charge is 0.306 e. The molecule has 2 heterocycles. The Morgan fingerprint density at radius 2 is 1.79 bits per heavy atom. The van der Waals surface area contributed by atoms with Crippen LogP contribution in [0.4, 0.5) is 0 Å². The lowest BCUT2D eigenvalue weighted by molar-refractivity contribution is 0.257. The second kappa shape index (κ2) is 6.70. The van der Waals surface area contributed by atoms with Crippen molar-refractivity contribution in [1.29, 1.82) is 0 Å². The Bertz CT molecular complexity index is 859. The zero-order valence-corrected chi connectivity index (χ0v) is 14.9. The van der Waals surface area contributed by atoms with E-state index in [1.54, 1.807) is 4.57 Å². The maximum Gasteiger partial charge on any atom is 0.326 e. The highest BCUT2D eigenvalue weighted by Crippen LogP contribution is 2.26. The number of hydrogen-bond donors (Lipinski definition) is 1. The third-order valence-electron chi connectivity index (χ3n) is 4.77. The van der Waals surface area contributed by atoms with Crippen molar-refractivity contribution >= 4 is 21.2 Å². The SMILES string of the molecule is CCN(CC)S(=O)(=O)N1CCC(n2c(=O)[nH]c3ccccc32)CC1. The minimum atomic E-state index is -3.40. The molecule has 1 aromatic carbocycles. The van der Waals surface area contributed by atoms with E-state index in [-0.39, 0.29) is 11.7 Å². The van der Waals surface area contributed by atoms with Crippen molar-refractivity contribution < 1.29 is 8.42 Å². The normalized spacial score (nSPS) is 17.8. The van der Waals surface area contributed by atoms with Crippen LogP contribution in [0.5, 0.6) is 0 Å². The maximum atomic E-state index is 12.6. The van der Waals surface area contributed by atoms with Crippen LogP contribution in [0.1, 0.15) is 32.7 Å². The largest absolute Gasteiger partial charge is 0.326 e. The quantitative estimate of drug-likeness (QED) is 0.887. The number of imidazole rings is 1. The average Bonchev–Trinajstić information content (AvgIpc) is 2.91. The van der Waals surface area contributed by atoms with Gasteiger partial charge in [0, 0.05) is 32.2 Å². The molecule has 3 rings (SSSR count). The van der Waals surface area contributed by atoms with Crippen LogP contribution in [-0.2, 0) is 10.2 Å². The summed E-state index contributed by atoms with van der Waals surface area (Å²) in [7, 11) is -3.40. The molecule has 1 saturated heterocycles. The average molecular weight is 352 g/mol. The van der Waals surface area contributed by atoms with E-state index in [0.29, 0.717) is 39.0 Å². The zero-order valence-electron chi connectivity index (χ0n) is 14.1. The molecule has 2 aromatic rings. The number of benzene rings is 1. The summed E-state index contributed by atoms with van der Waals surface area (Å²) < 4.78 is 30.0. The van der Waals surface area contributed by atoms with E-state index in [4.69, 9.17) is 0 Å². The number of para-hydroxylation sites is 2. The molecule has 0 radical (unpaired) electrons. The predicted molar refractivity (Wildman–Crippen MR) is 94.2 cm³/mol. The van der Waals surface area contributed by atoms with Gasteiger partial charge >= 0.3 is 5.69 Å². The monoisotopic (exact) mass is 352 g/mol. The first-order chi connectivity index (χ1) is 11.5. The van der Waals surface area contributed by atoms with Crippen LogP contribution in [0.25, 0.3) is 11.0 Å². The Kier molecular flexibility index (Phi) is 4.80. The van der Waals surface area contributed by atoms with Gasteiger partial charge in [-0.2, -0.15) is 17.0 Å². The molecular formula is C16H24N4O3S. The molecule has 0 saturated carbocycles. The first-order valence-electron chi connectivity index (χ1n) is 8.43. The second-order valence-electron chi connectivity index (χ2n) is 6.04. The van der Waals surface area contributed by atoms with E-state index in [0.717, 1.165) is 11.0 Å². The van der Waals surface area contributed by atoms with Crippen molar-refractivity contribution in [3.05, 3.63) is 34.7 Å². The molecule has 0 bridgehead atoms. The molecule has 0 amide bonds. The van der Waals surface area contributed by atoms with Gasteiger partial charge in [-0.25, -0.2) is 4.79 Å². The summed E-state index contributed by atoms with van der Waals surface area (Å²) in [5.74, 6) is 0. The fourth-order valence-electron chi connectivity index (χ4n) is 3.48. The number of aromatic nitrogens is 2. The molecule has 132 valence electrons. The molecule has 0 spiro atoms. The van der Waals surface area contributed by atoms with Crippen molar-refractivity contribution in [3.8, 4) is 0 Å². The molecule has 24 heavy (non-hydrogen) atoms. The number of piperidine rings is 1. The highest BCUT2D eigenvalue weighted by molar-refractivity contribution is 7.86. The summed E-state index contributed by atoms with van der Waals surface area (Å²) in [5, 5.41) is 0. The number of hydrogen-bond acceptors (Lipinski definition) is 3. The van der Waals surface area contributed by atoms with Crippen LogP contribution in [-0.4, -0.2) is 52.8 Å². The van der Waals surface area contributed by atoms with Crippen molar-refractivity contribution in [2.45, 2.75) is 32.7 Å². The standard InChI is InChI=1S/C16H24N4O3S/c1-3-18(4-2)24(22,23)19-11-9-13(10-12-19)20-15-8-6-5-7-14(15)17-16(20)21/h5-8,13H,3-4,9-12H2,1-2H3,(H,17,21). The molecule has 0 aliphatic carbocycles. The summed E-state index contributed by atoms with van der Waals surface area (Å²) in [4.78, 5) is 15.2. The number of nitrogens with one attached hydrogen (secondary N) is 1. The van der Waals surface area contributed by atoms with Crippen LogP contribution < -0.4 is 5.69 Å². The Morgan fingerprint density at radius 3 is 2.42 bits per heavy atom. The van der Waals surface area contributed by atoms with E-state index >= 15 is 0 Å². The molecule has 8 heteroatoms. The van der Waals surface area contributed by atoms with E-state index in [2.05, 4.69) is 4.98 Å². The summed E-state index contributed by atoms with van der Waals surface area (Å²) in [6.07, 6.45) is 1.28. The highest BCUT2D eigenvalue weighted by Gasteiger charge is 2.32. The van der Waals surface area contributed by atoms with E-state index in [9.17, 15) is 13.2 Å².